The first-order chi connectivity index (χ1) is 10.5. The lowest BCUT2D eigenvalue weighted by Crippen LogP contribution is -2.14. The van der Waals surface area contributed by atoms with E-state index in [1.807, 2.05) is 0 Å². The van der Waals surface area contributed by atoms with E-state index in [4.69, 9.17) is 4.74 Å². The highest BCUT2D eigenvalue weighted by atomic mass is 32.1. The Bertz CT molecular complexity index is 711. The Morgan fingerprint density at radius 2 is 2.00 bits per heavy atom. The van der Waals surface area contributed by atoms with Crippen LogP contribution in [0.4, 0.5) is 10.0 Å². The summed E-state index contributed by atoms with van der Waals surface area (Å²) in [5.74, 6) is -1.17. The van der Waals surface area contributed by atoms with Crippen LogP contribution >= 0.6 is 11.3 Å². The van der Waals surface area contributed by atoms with Crippen molar-refractivity contribution in [1.29, 1.82) is 0 Å². The molecule has 0 aliphatic rings. The maximum atomic E-state index is 12.1. The van der Waals surface area contributed by atoms with Crippen molar-refractivity contribution in [3.05, 3.63) is 57.6 Å². The maximum absolute atomic E-state index is 12.1. The van der Waals surface area contributed by atoms with Crippen LogP contribution in [-0.2, 0) is 4.74 Å². The maximum Gasteiger partial charge on any atom is 0.341 e. The molecule has 0 saturated heterocycles. The van der Waals surface area contributed by atoms with Crippen LogP contribution in [0.5, 0.6) is 0 Å². The van der Waals surface area contributed by atoms with Crippen LogP contribution in [0.2, 0.25) is 0 Å². The van der Waals surface area contributed by atoms with Gasteiger partial charge in [0.1, 0.15) is 10.6 Å². The number of hydrogen-bond donors (Lipinski definition) is 1. The lowest BCUT2D eigenvalue weighted by atomic mass is 10.2. The van der Waals surface area contributed by atoms with Crippen LogP contribution in [0.15, 0.2) is 36.4 Å². The first-order valence-electron chi connectivity index (χ1n) is 6.34. The fraction of sp³-hybridized carbons (Fsp3) is 0.143. The molecule has 0 saturated carbocycles. The fourth-order valence-corrected chi connectivity index (χ4v) is 2.54. The van der Waals surface area contributed by atoms with Crippen LogP contribution < -0.4 is 5.32 Å². The van der Waals surface area contributed by atoms with Gasteiger partial charge in [0.25, 0.3) is 5.91 Å². The highest BCUT2D eigenvalue weighted by Gasteiger charge is 2.24. The number of ether oxygens (including phenoxy) is 1. The molecule has 0 fully saturated rings. The minimum atomic E-state index is -0.713. The molecule has 0 bridgehead atoms. The van der Waals surface area contributed by atoms with Crippen LogP contribution in [0.3, 0.4) is 0 Å². The fourth-order valence-electron chi connectivity index (χ4n) is 1.69. The van der Waals surface area contributed by atoms with Gasteiger partial charge in [0.15, 0.2) is 0 Å². The molecule has 0 aliphatic heterocycles. The molecule has 7 nitrogen and oxygen atoms in total. The molecule has 1 aromatic heterocycles. The summed E-state index contributed by atoms with van der Waals surface area (Å²) in [5.41, 5.74) is 0.358. The molecule has 1 aromatic carbocycles. The SMILES string of the molecule is CCOC(=O)c1cc([N+](=O)[O-])sc1NC(=O)c1ccccc1. The van der Waals surface area contributed by atoms with Crippen LogP contribution in [0.1, 0.15) is 27.6 Å². The number of amides is 1. The van der Waals surface area contributed by atoms with Crippen LogP contribution in [0.25, 0.3) is 0 Å². The van der Waals surface area contributed by atoms with E-state index >= 15 is 0 Å². The van der Waals surface area contributed by atoms with E-state index in [9.17, 15) is 19.7 Å². The van der Waals surface area contributed by atoms with E-state index in [-0.39, 0.29) is 22.2 Å². The Kier molecular flexibility index (Phi) is 4.84. The molecular weight excluding hydrogens is 308 g/mol. The molecule has 1 N–H and O–H groups in total. The van der Waals surface area contributed by atoms with Crippen molar-refractivity contribution in [2.24, 2.45) is 0 Å². The summed E-state index contributed by atoms with van der Waals surface area (Å²) in [6.07, 6.45) is 0. The molecule has 0 unspecified atom stereocenters. The number of benzene rings is 1. The normalized spacial score (nSPS) is 10.0. The Balaban J connectivity index is 2.31. The van der Waals surface area contributed by atoms with E-state index < -0.39 is 16.8 Å². The Morgan fingerprint density at radius 3 is 2.59 bits per heavy atom. The smallest absolute Gasteiger partial charge is 0.341 e. The van der Waals surface area contributed by atoms with Crippen molar-refractivity contribution < 1.29 is 19.2 Å². The van der Waals surface area contributed by atoms with Gasteiger partial charge in [0.05, 0.1) is 11.5 Å². The summed E-state index contributed by atoms with van der Waals surface area (Å²) in [6, 6.07) is 9.44. The number of nitrogens with one attached hydrogen (secondary N) is 1. The number of carbonyl (C=O) groups excluding carboxylic acids is 2. The number of hydrogen-bond acceptors (Lipinski definition) is 6. The lowest BCUT2D eigenvalue weighted by molar-refractivity contribution is -0.380. The van der Waals surface area contributed by atoms with E-state index in [0.717, 1.165) is 6.07 Å². The third-order valence-electron chi connectivity index (χ3n) is 2.66. The second kappa shape index (κ2) is 6.81. The van der Waals surface area contributed by atoms with Crippen molar-refractivity contribution in [3.8, 4) is 0 Å². The van der Waals surface area contributed by atoms with E-state index in [2.05, 4.69) is 5.32 Å². The van der Waals surface area contributed by atoms with Gasteiger partial charge in [-0.25, -0.2) is 4.79 Å². The molecule has 1 heterocycles. The highest BCUT2D eigenvalue weighted by Crippen LogP contribution is 2.34. The third kappa shape index (κ3) is 3.47. The van der Waals surface area contributed by atoms with Gasteiger partial charge in [-0.05, 0) is 30.4 Å². The summed E-state index contributed by atoms with van der Waals surface area (Å²) in [5, 5.41) is 13.2. The average molecular weight is 320 g/mol. The molecule has 8 heteroatoms. The minimum Gasteiger partial charge on any atom is -0.462 e. The minimum absolute atomic E-state index is 0.0252. The monoisotopic (exact) mass is 320 g/mol. The van der Waals surface area contributed by atoms with Gasteiger partial charge in [-0.1, -0.05) is 18.2 Å². The van der Waals surface area contributed by atoms with Gasteiger partial charge in [-0.15, -0.1) is 0 Å². The summed E-state index contributed by atoms with van der Waals surface area (Å²) in [4.78, 5) is 34.2. The molecule has 114 valence electrons. The molecule has 0 spiro atoms. The molecule has 0 radical (unpaired) electrons. The molecule has 0 aliphatic carbocycles. The number of anilines is 1. The summed E-state index contributed by atoms with van der Waals surface area (Å²) in [6.45, 7) is 1.76. The summed E-state index contributed by atoms with van der Waals surface area (Å²) >= 11 is 0.713. The van der Waals surface area contributed by atoms with Crippen molar-refractivity contribution in [3.63, 3.8) is 0 Å². The number of thiophene rings is 1. The van der Waals surface area contributed by atoms with Gasteiger partial charge in [0.2, 0.25) is 0 Å². The summed E-state index contributed by atoms with van der Waals surface area (Å²) < 4.78 is 4.84. The van der Waals surface area contributed by atoms with Crippen molar-refractivity contribution >= 4 is 33.2 Å². The van der Waals surface area contributed by atoms with Crippen molar-refractivity contribution in [2.45, 2.75) is 6.92 Å². The second-order valence-corrected chi connectivity index (χ2v) is 5.16. The number of carbonyl (C=O) groups is 2. The predicted molar refractivity (Wildman–Crippen MR) is 81.3 cm³/mol. The van der Waals surface area contributed by atoms with Crippen molar-refractivity contribution in [2.75, 3.05) is 11.9 Å². The lowest BCUT2D eigenvalue weighted by Gasteiger charge is -2.05. The van der Waals surface area contributed by atoms with Crippen LogP contribution in [-0.4, -0.2) is 23.4 Å². The van der Waals surface area contributed by atoms with Crippen LogP contribution in [0, 0.1) is 10.1 Å². The standard InChI is InChI=1S/C14H12N2O5S/c1-2-21-14(18)10-8-11(16(19)20)22-13(10)15-12(17)9-6-4-3-5-7-9/h3-8H,2H2,1H3,(H,15,17). The van der Waals surface area contributed by atoms with Gasteiger partial charge < -0.3 is 10.1 Å². The number of rotatable bonds is 5. The van der Waals surface area contributed by atoms with Crippen molar-refractivity contribution in [1.82, 2.24) is 0 Å². The largest absolute Gasteiger partial charge is 0.462 e. The molecule has 22 heavy (non-hydrogen) atoms. The van der Waals surface area contributed by atoms with Gasteiger partial charge >= 0.3 is 11.0 Å². The Morgan fingerprint density at radius 1 is 1.32 bits per heavy atom. The number of nitrogens with zero attached hydrogens (tertiary/aromatic N) is 1. The molecule has 2 aromatic rings. The van der Waals surface area contributed by atoms with Gasteiger partial charge in [0, 0.05) is 11.6 Å². The molecular formula is C14H12N2O5S. The number of nitro groups is 1. The average Bonchev–Trinajstić information content (AvgIpc) is 2.92. The van der Waals surface area contributed by atoms with Gasteiger partial charge in [-0.2, -0.15) is 0 Å². The van der Waals surface area contributed by atoms with E-state index in [1.165, 1.54) is 0 Å². The summed E-state index contributed by atoms with van der Waals surface area (Å²) in [7, 11) is 0. The topological polar surface area (TPSA) is 98.5 Å². The zero-order valence-electron chi connectivity index (χ0n) is 11.6. The predicted octanol–water partition coefficient (Wildman–Crippen LogP) is 3.09. The molecule has 2 rings (SSSR count). The first kappa shape index (κ1) is 15.6. The Hall–Kier alpha value is -2.74. The zero-order valence-corrected chi connectivity index (χ0v) is 12.4. The quantitative estimate of drug-likeness (QED) is 0.518. The van der Waals surface area contributed by atoms with E-state index in [0.29, 0.717) is 16.9 Å². The first-order valence-corrected chi connectivity index (χ1v) is 7.16. The Labute approximate surface area is 129 Å². The molecule has 0 atom stereocenters. The number of esters is 1. The van der Waals surface area contributed by atoms with Gasteiger partial charge in [-0.3, -0.25) is 14.9 Å². The van der Waals surface area contributed by atoms with E-state index in [1.54, 1.807) is 37.3 Å². The third-order valence-corrected chi connectivity index (χ3v) is 3.66. The highest BCUT2D eigenvalue weighted by molar-refractivity contribution is 7.19. The zero-order chi connectivity index (χ0) is 16.1. The molecule has 1 amide bonds. The second-order valence-electron chi connectivity index (χ2n) is 4.13.